The van der Waals surface area contributed by atoms with Crippen LogP contribution in [0.2, 0.25) is 0 Å². The number of rotatable bonds is 5. The first-order valence-electron chi connectivity index (χ1n) is 5.80. The van der Waals surface area contributed by atoms with Crippen molar-refractivity contribution in [1.29, 1.82) is 0 Å². The molecule has 3 N–H and O–H groups in total. The number of ether oxygens (including phenoxy) is 2. The second kappa shape index (κ2) is 6.37. The van der Waals surface area contributed by atoms with Crippen LogP contribution in [0.5, 0.6) is 17.2 Å². The number of nitrogens with one attached hydrogen (secondary N) is 2. The highest BCUT2D eigenvalue weighted by atomic mass is 16.5. The lowest BCUT2D eigenvalue weighted by molar-refractivity contribution is 0.340. The fraction of sp³-hybridized carbons (Fsp3) is 0.167. The van der Waals surface area contributed by atoms with Crippen LogP contribution in [-0.2, 0) is 0 Å². The minimum absolute atomic E-state index is 0.0941. The van der Waals surface area contributed by atoms with Crippen LogP contribution in [0.25, 0.3) is 0 Å². The van der Waals surface area contributed by atoms with E-state index >= 15 is 0 Å². The van der Waals surface area contributed by atoms with Gasteiger partial charge in [-0.2, -0.15) is 5.10 Å². The molecule has 1 heterocycles. The molecule has 0 aliphatic heterocycles. The first-order valence-corrected chi connectivity index (χ1v) is 5.80. The van der Waals surface area contributed by atoms with E-state index in [-0.39, 0.29) is 23.2 Å². The quantitative estimate of drug-likeness (QED) is 0.536. The molecule has 0 aliphatic rings. The maximum absolute atomic E-state index is 11.0. The summed E-state index contributed by atoms with van der Waals surface area (Å²) in [5.74, 6) is 0.521. The Morgan fingerprint density at radius 3 is 2.57 bits per heavy atom. The second-order valence-corrected chi connectivity index (χ2v) is 3.83. The van der Waals surface area contributed by atoms with Crippen molar-refractivity contribution in [2.45, 2.75) is 0 Å². The Labute approximate surface area is 119 Å². The predicted molar refractivity (Wildman–Crippen MR) is 75.1 cm³/mol. The summed E-state index contributed by atoms with van der Waals surface area (Å²) in [4.78, 5) is 13.4. The van der Waals surface area contributed by atoms with Crippen LogP contribution < -0.4 is 20.5 Å². The van der Waals surface area contributed by atoms with Crippen LogP contribution in [-0.4, -0.2) is 40.7 Å². The highest BCUT2D eigenvalue weighted by Gasteiger charge is 2.10. The van der Waals surface area contributed by atoms with Crippen molar-refractivity contribution in [2.24, 2.45) is 5.10 Å². The number of aromatic amines is 1. The van der Waals surface area contributed by atoms with Crippen molar-refractivity contribution >= 4 is 12.2 Å². The first kappa shape index (κ1) is 14.3. The SMILES string of the molecule is COc1cc(/C=N/Nc2nncc(=O)[nH]2)cc(OC)c1O. The van der Waals surface area contributed by atoms with Gasteiger partial charge in [0.15, 0.2) is 11.5 Å². The number of hydrazone groups is 1. The molecule has 110 valence electrons. The van der Waals surface area contributed by atoms with Crippen LogP contribution in [0.3, 0.4) is 0 Å². The zero-order valence-electron chi connectivity index (χ0n) is 11.3. The zero-order chi connectivity index (χ0) is 15.2. The second-order valence-electron chi connectivity index (χ2n) is 3.83. The third-order valence-electron chi connectivity index (χ3n) is 2.46. The van der Waals surface area contributed by atoms with Crippen LogP contribution in [0.15, 0.2) is 28.2 Å². The molecule has 0 saturated carbocycles. The average molecular weight is 291 g/mol. The number of phenols is 1. The standard InChI is InChI=1S/C12H13N5O4/c1-20-8-3-7(4-9(21-2)11(8)19)5-13-16-12-15-10(18)6-14-17-12/h3-6,19H,1-2H3,(H2,15,16,17,18)/b13-5+. The third-order valence-corrected chi connectivity index (χ3v) is 2.46. The molecule has 0 unspecified atom stereocenters. The lowest BCUT2D eigenvalue weighted by atomic mass is 10.2. The van der Waals surface area contributed by atoms with Gasteiger partial charge in [0, 0.05) is 5.56 Å². The van der Waals surface area contributed by atoms with Gasteiger partial charge in [-0.1, -0.05) is 0 Å². The van der Waals surface area contributed by atoms with Gasteiger partial charge in [-0.05, 0) is 12.1 Å². The van der Waals surface area contributed by atoms with Crippen LogP contribution >= 0.6 is 0 Å². The molecule has 0 radical (unpaired) electrons. The number of aromatic nitrogens is 3. The number of aromatic hydroxyl groups is 1. The molecule has 0 fully saturated rings. The normalized spacial score (nSPS) is 10.6. The summed E-state index contributed by atoms with van der Waals surface area (Å²) in [7, 11) is 2.86. The Balaban J connectivity index is 2.19. The zero-order valence-corrected chi connectivity index (χ0v) is 11.3. The van der Waals surface area contributed by atoms with Crippen LogP contribution in [0.4, 0.5) is 5.95 Å². The smallest absolute Gasteiger partial charge is 0.271 e. The summed E-state index contributed by atoms with van der Waals surface area (Å²) in [6, 6.07) is 3.14. The Morgan fingerprint density at radius 2 is 2.00 bits per heavy atom. The van der Waals surface area contributed by atoms with Crippen molar-refractivity contribution in [1.82, 2.24) is 15.2 Å². The Morgan fingerprint density at radius 1 is 1.33 bits per heavy atom. The molecule has 0 atom stereocenters. The van der Waals surface area contributed by atoms with Gasteiger partial charge >= 0.3 is 0 Å². The molecule has 0 spiro atoms. The molecule has 0 amide bonds. The van der Waals surface area contributed by atoms with E-state index in [1.165, 1.54) is 20.4 Å². The van der Waals surface area contributed by atoms with E-state index in [0.717, 1.165) is 6.20 Å². The maximum Gasteiger partial charge on any atom is 0.271 e. The predicted octanol–water partition coefficient (Wildman–Crippen LogP) is 0.334. The van der Waals surface area contributed by atoms with Crippen molar-refractivity contribution in [3.05, 3.63) is 34.2 Å². The van der Waals surface area contributed by atoms with E-state index in [1.54, 1.807) is 12.1 Å². The van der Waals surface area contributed by atoms with Crippen molar-refractivity contribution < 1.29 is 14.6 Å². The topological polar surface area (TPSA) is 122 Å². The van der Waals surface area contributed by atoms with E-state index in [4.69, 9.17) is 9.47 Å². The van der Waals surface area contributed by atoms with Gasteiger partial charge in [0.2, 0.25) is 11.7 Å². The van der Waals surface area contributed by atoms with Gasteiger partial charge in [-0.15, -0.1) is 10.2 Å². The van der Waals surface area contributed by atoms with Gasteiger partial charge in [0.1, 0.15) is 6.20 Å². The summed E-state index contributed by atoms with van der Waals surface area (Å²) >= 11 is 0. The van der Waals surface area contributed by atoms with Gasteiger partial charge in [-0.25, -0.2) is 5.43 Å². The number of benzene rings is 1. The van der Waals surface area contributed by atoms with E-state index in [2.05, 4.69) is 25.7 Å². The highest BCUT2D eigenvalue weighted by molar-refractivity contribution is 5.82. The number of anilines is 1. The maximum atomic E-state index is 11.0. The molecule has 0 aliphatic carbocycles. The molecule has 0 bridgehead atoms. The number of nitrogens with zero attached hydrogens (tertiary/aromatic N) is 3. The number of H-pyrrole nitrogens is 1. The molecule has 1 aromatic carbocycles. The van der Waals surface area contributed by atoms with Gasteiger partial charge < -0.3 is 14.6 Å². The lowest BCUT2D eigenvalue weighted by Gasteiger charge is -2.09. The van der Waals surface area contributed by atoms with Crippen LogP contribution in [0.1, 0.15) is 5.56 Å². The monoisotopic (exact) mass is 291 g/mol. The van der Waals surface area contributed by atoms with Crippen LogP contribution in [0, 0.1) is 0 Å². The highest BCUT2D eigenvalue weighted by Crippen LogP contribution is 2.36. The molecule has 1 aromatic heterocycles. The fourth-order valence-corrected chi connectivity index (χ4v) is 1.52. The summed E-state index contributed by atoms with van der Waals surface area (Å²) in [6.45, 7) is 0. The summed E-state index contributed by atoms with van der Waals surface area (Å²) < 4.78 is 10.1. The molecular formula is C12H13N5O4. The van der Waals surface area contributed by atoms with Crippen molar-refractivity contribution in [2.75, 3.05) is 19.6 Å². The number of phenolic OH excluding ortho intramolecular Hbond substituents is 1. The van der Waals surface area contributed by atoms with Gasteiger partial charge in [0.25, 0.3) is 5.56 Å². The lowest BCUT2D eigenvalue weighted by Crippen LogP contribution is -2.10. The summed E-state index contributed by atoms with van der Waals surface area (Å²) in [5, 5.41) is 20.8. The van der Waals surface area contributed by atoms with Gasteiger partial charge in [-0.3, -0.25) is 9.78 Å². The minimum atomic E-state index is -0.393. The molecule has 9 heteroatoms. The third kappa shape index (κ3) is 3.47. The number of hydrogen-bond acceptors (Lipinski definition) is 8. The van der Waals surface area contributed by atoms with Crippen molar-refractivity contribution in [3.8, 4) is 17.2 Å². The van der Waals surface area contributed by atoms with E-state index in [1.807, 2.05) is 0 Å². The fourth-order valence-electron chi connectivity index (χ4n) is 1.52. The first-order chi connectivity index (χ1) is 10.1. The Kier molecular flexibility index (Phi) is 4.34. The van der Waals surface area contributed by atoms with E-state index in [0.29, 0.717) is 5.56 Å². The Hall–Kier alpha value is -3.10. The van der Waals surface area contributed by atoms with E-state index < -0.39 is 5.56 Å². The summed E-state index contributed by atoms with van der Waals surface area (Å²) in [5.41, 5.74) is 2.74. The molecule has 0 saturated heterocycles. The number of methoxy groups -OCH3 is 2. The Bertz CT molecular complexity index is 688. The van der Waals surface area contributed by atoms with Gasteiger partial charge in [0.05, 0.1) is 20.4 Å². The van der Waals surface area contributed by atoms with Crippen molar-refractivity contribution in [3.63, 3.8) is 0 Å². The minimum Gasteiger partial charge on any atom is -0.502 e. The van der Waals surface area contributed by atoms with E-state index in [9.17, 15) is 9.90 Å². The molecular weight excluding hydrogens is 278 g/mol. The summed E-state index contributed by atoms with van der Waals surface area (Å²) in [6.07, 6.45) is 2.49. The molecule has 21 heavy (non-hydrogen) atoms. The average Bonchev–Trinajstić information content (AvgIpc) is 2.48. The molecule has 2 aromatic rings. The number of hydrogen-bond donors (Lipinski definition) is 3. The largest absolute Gasteiger partial charge is 0.502 e. The molecule has 9 nitrogen and oxygen atoms in total. The molecule has 2 rings (SSSR count).